The molecule has 57 heavy (non-hydrogen) atoms. The third-order valence-corrected chi connectivity index (χ3v) is 9.50. The van der Waals surface area contributed by atoms with Gasteiger partial charge in [0.25, 0.3) is 0 Å². The van der Waals surface area contributed by atoms with Gasteiger partial charge in [-0.1, -0.05) is 0 Å². The van der Waals surface area contributed by atoms with Gasteiger partial charge in [-0.2, -0.15) is 0 Å². The molecule has 2 N–H and O–H groups in total. The number of aromatic nitrogens is 2. The molecule has 0 amide bonds. The van der Waals surface area contributed by atoms with Crippen LogP contribution in [0.25, 0.3) is 22.5 Å². The topological polar surface area (TPSA) is 162 Å². The fraction of sp³-hybridized carbons (Fsp3) is 0.395. The Morgan fingerprint density at radius 2 is 0.947 bits per heavy atom. The molecular formula is C43H54N4O10. The van der Waals surface area contributed by atoms with Crippen molar-refractivity contribution in [1.82, 2.24) is 19.8 Å². The second-order valence-corrected chi connectivity index (χ2v) is 13.2. The van der Waals surface area contributed by atoms with E-state index < -0.39 is 11.9 Å². The maximum Gasteiger partial charge on any atom is 0.328 e. The number of methoxy groups -OCH3 is 6. The van der Waals surface area contributed by atoms with E-state index in [1.54, 1.807) is 42.7 Å². The van der Waals surface area contributed by atoms with Gasteiger partial charge in [0.05, 0.1) is 54.0 Å². The minimum Gasteiger partial charge on any atom is -0.493 e. The van der Waals surface area contributed by atoms with Gasteiger partial charge in [0.1, 0.15) is 0 Å². The highest BCUT2D eigenvalue weighted by Crippen LogP contribution is 2.42. The average molecular weight is 787 g/mol. The Morgan fingerprint density at radius 3 is 1.26 bits per heavy atom. The number of carboxylic acid groups (broad SMARTS) is 2. The molecule has 0 radical (unpaired) electrons. The molecule has 306 valence electrons. The standard InChI is InChI=1S/C39H50N4O6.C4H4O4/c1-44-34-24-30(25-35(45-2)38(34)48-5)32-22-28(12-14-40-32)10-7-16-42-18-9-19-43(21-20-42)17-8-11-29-13-15-41-33(23-29)31-26-36(46-3)39(49-6)37(27-31)47-4;5-3(6)1-2-4(7)8/h12-15,22-27H,7-11,16-21H2,1-6H3;1-2H,(H,5,6)(H,7,8)/b;2-1+. The van der Waals surface area contributed by atoms with E-state index in [0.29, 0.717) is 46.6 Å². The lowest BCUT2D eigenvalue weighted by Gasteiger charge is -2.22. The number of carboxylic acids is 2. The van der Waals surface area contributed by atoms with Gasteiger partial charge in [0.2, 0.25) is 11.5 Å². The van der Waals surface area contributed by atoms with Gasteiger partial charge >= 0.3 is 11.9 Å². The van der Waals surface area contributed by atoms with Crippen molar-refractivity contribution >= 4 is 11.9 Å². The lowest BCUT2D eigenvalue weighted by atomic mass is 10.0. The highest BCUT2D eigenvalue weighted by atomic mass is 16.5. The van der Waals surface area contributed by atoms with Crippen molar-refractivity contribution in [3.8, 4) is 57.0 Å². The minimum absolute atomic E-state index is 0.558. The van der Waals surface area contributed by atoms with E-state index in [0.717, 1.165) is 87.5 Å². The zero-order valence-electron chi connectivity index (χ0n) is 33.7. The third-order valence-electron chi connectivity index (χ3n) is 9.50. The molecule has 14 nitrogen and oxygen atoms in total. The summed E-state index contributed by atoms with van der Waals surface area (Å²) in [6.07, 6.45) is 10.3. The molecule has 1 saturated heterocycles. The van der Waals surface area contributed by atoms with Crippen molar-refractivity contribution in [3.63, 3.8) is 0 Å². The molecule has 0 unspecified atom stereocenters. The summed E-state index contributed by atoms with van der Waals surface area (Å²) in [6, 6.07) is 16.4. The number of aliphatic carboxylic acids is 2. The molecule has 2 aromatic heterocycles. The summed E-state index contributed by atoms with van der Waals surface area (Å²) < 4.78 is 33.2. The Kier molecular flexibility index (Phi) is 17.4. The molecule has 1 aliphatic rings. The number of rotatable bonds is 18. The first kappa shape index (κ1) is 43.9. The first-order valence-corrected chi connectivity index (χ1v) is 18.7. The Hall–Kier alpha value is -5.86. The van der Waals surface area contributed by atoms with Crippen molar-refractivity contribution in [1.29, 1.82) is 0 Å². The summed E-state index contributed by atoms with van der Waals surface area (Å²) in [6.45, 7) is 6.69. The lowest BCUT2D eigenvalue weighted by Crippen LogP contribution is -2.32. The van der Waals surface area contributed by atoms with Gasteiger partial charge in [0.15, 0.2) is 23.0 Å². The molecule has 0 spiro atoms. The molecule has 1 aliphatic heterocycles. The summed E-state index contributed by atoms with van der Waals surface area (Å²) in [5.41, 5.74) is 6.22. The van der Waals surface area contributed by atoms with Crippen LogP contribution in [0.15, 0.2) is 73.1 Å². The third kappa shape index (κ3) is 13.1. The van der Waals surface area contributed by atoms with Crippen LogP contribution < -0.4 is 28.4 Å². The van der Waals surface area contributed by atoms with Crippen LogP contribution in [0.5, 0.6) is 34.5 Å². The summed E-state index contributed by atoms with van der Waals surface area (Å²) in [7, 11) is 9.75. The average Bonchev–Trinajstić information content (AvgIpc) is 3.47. The molecule has 0 bridgehead atoms. The Labute approximate surface area is 334 Å². The maximum absolute atomic E-state index is 9.55. The number of benzene rings is 2. The maximum atomic E-state index is 9.55. The molecule has 3 heterocycles. The molecule has 0 aliphatic carbocycles. The van der Waals surface area contributed by atoms with Crippen LogP contribution in [-0.2, 0) is 22.4 Å². The van der Waals surface area contributed by atoms with Gasteiger partial charge in [-0.3, -0.25) is 9.97 Å². The predicted molar refractivity (Wildman–Crippen MR) is 217 cm³/mol. The summed E-state index contributed by atoms with van der Waals surface area (Å²) in [5, 5.41) is 15.6. The molecule has 14 heteroatoms. The van der Waals surface area contributed by atoms with Gasteiger partial charge in [0, 0.05) is 48.8 Å². The lowest BCUT2D eigenvalue weighted by molar-refractivity contribution is -0.134. The fourth-order valence-electron chi connectivity index (χ4n) is 6.66. The normalized spacial score (nSPS) is 13.2. The molecule has 4 aromatic rings. The number of hydrogen-bond acceptors (Lipinski definition) is 12. The van der Waals surface area contributed by atoms with Gasteiger partial charge < -0.3 is 48.4 Å². The van der Waals surface area contributed by atoms with Crippen LogP contribution in [0, 0.1) is 0 Å². The number of nitrogens with zero attached hydrogens (tertiary/aromatic N) is 4. The van der Waals surface area contributed by atoms with Crippen molar-refractivity contribution < 1.29 is 48.2 Å². The van der Waals surface area contributed by atoms with Crippen LogP contribution in [-0.4, -0.2) is 124 Å². The number of hydrogen-bond donors (Lipinski definition) is 2. The van der Waals surface area contributed by atoms with E-state index in [1.807, 2.05) is 36.7 Å². The summed E-state index contributed by atoms with van der Waals surface area (Å²) >= 11 is 0. The van der Waals surface area contributed by atoms with Crippen molar-refractivity contribution in [2.75, 3.05) is 81.9 Å². The van der Waals surface area contributed by atoms with Crippen molar-refractivity contribution in [2.45, 2.75) is 32.1 Å². The molecule has 0 atom stereocenters. The van der Waals surface area contributed by atoms with Crippen molar-refractivity contribution in [3.05, 3.63) is 84.2 Å². The highest BCUT2D eigenvalue weighted by Gasteiger charge is 2.18. The number of pyridine rings is 2. The molecule has 1 fully saturated rings. The van der Waals surface area contributed by atoms with E-state index in [9.17, 15) is 9.59 Å². The Bertz CT molecular complexity index is 1770. The molecule has 0 saturated carbocycles. The number of ether oxygens (including phenoxy) is 6. The zero-order chi connectivity index (χ0) is 41.2. The molecule has 5 rings (SSSR count). The molecular weight excluding hydrogens is 732 g/mol. The first-order chi connectivity index (χ1) is 27.6. The van der Waals surface area contributed by atoms with Gasteiger partial charge in [-0.05, 0) is 118 Å². The van der Waals surface area contributed by atoms with E-state index in [-0.39, 0.29) is 0 Å². The Morgan fingerprint density at radius 1 is 0.579 bits per heavy atom. The largest absolute Gasteiger partial charge is 0.493 e. The summed E-state index contributed by atoms with van der Waals surface area (Å²) in [5.74, 6) is 1.14. The minimum atomic E-state index is -1.26. The molecule has 2 aromatic carbocycles. The second kappa shape index (κ2) is 22.6. The van der Waals surface area contributed by atoms with Crippen LogP contribution in [0.2, 0.25) is 0 Å². The van der Waals surface area contributed by atoms with Crippen LogP contribution in [0.1, 0.15) is 30.4 Å². The Balaban J connectivity index is 0.000000812. The monoisotopic (exact) mass is 786 g/mol. The van der Waals surface area contributed by atoms with Crippen LogP contribution in [0.4, 0.5) is 0 Å². The smallest absolute Gasteiger partial charge is 0.328 e. The fourth-order valence-corrected chi connectivity index (χ4v) is 6.66. The summed E-state index contributed by atoms with van der Waals surface area (Å²) in [4.78, 5) is 33.6. The van der Waals surface area contributed by atoms with E-state index >= 15 is 0 Å². The number of aryl methyl sites for hydroxylation is 2. The number of carbonyl (C=O) groups is 2. The van der Waals surface area contributed by atoms with E-state index in [4.69, 9.17) is 38.6 Å². The van der Waals surface area contributed by atoms with E-state index in [1.165, 1.54) is 17.5 Å². The first-order valence-electron chi connectivity index (χ1n) is 18.7. The predicted octanol–water partition coefficient (Wildman–Crippen LogP) is 6.15. The quantitative estimate of drug-likeness (QED) is 0.111. The van der Waals surface area contributed by atoms with Crippen LogP contribution in [0.3, 0.4) is 0 Å². The van der Waals surface area contributed by atoms with Crippen LogP contribution >= 0.6 is 0 Å². The zero-order valence-corrected chi connectivity index (χ0v) is 33.7. The van der Waals surface area contributed by atoms with E-state index in [2.05, 4.69) is 44.0 Å². The van der Waals surface area contributed by atoms with Gasteiger partial charge in [-0.25, -0.2) is 9.59 Å². The van der Waals surface area contributed by atoms with Gasteiger partial charge in [-0.15, -0.1) is 0 Å². The second-order valence-electron chi connectivity index (χ2n) is 13.2. The highest BCUT2D eigenvalue weighted by molar-refractivity contribution is 5.89. The SMILES string of the molecule is COc1cc(-c2cc(CCCN3CCCN(CCCc4ccnc(-c5cc(OC)c(OC)c(OC)c5)c4)CC3)ccn2)cc(OC)c1OC.O=C(O)/C=C/C(=O)O. The van der Waals surface area contributed by atoms with Crippen molar-refractivity contribution in [2.24, 2.45) is 0 Å².